The van der Waals surface area contributed by atoms with Gasteiger partial charge in [0.15, 0.2) is 11.6 Å². The first-order valence-electron chi connectivity index (χ1n) is 10.7. The number of methoxy groups -OCH3 is 1. The molecule has 164 valence electrons. The first kappa shape index (κ1) is 21.5. The van der Waals surface area contributed by atoms with Crippen LogP contribution in [0.5, 0.6) is 5.75 Å². The molecule has 2 heterocycles. The summed E-state index contributed by atoms with van der Waals surface area (Å²) in [6.07, 6.45) is 0.478. The molecule has 0 unspecified atom stereocenters. The van der Waals surface area contributed by atoms with E-state index in [-0.39, 0.29) is 24.5 Å². The average Bonchev–Trinajstić information content (AvgIpc) is 2.88. The molecular formula is C25H26N4O3. The van der Waals surface area contributed by atoms with Crippen LogP contribution in [0.25, 0.3) is 11.3 Å². The number of ether oxygens (including phenoxy) is 1. The fourth-order valence-electron chi connectivity index (χ4n) is 3.74. The Morgan fingerprint density at radius 2 is 1.56 bits per heavy atom. The second kappa shape index (κ2) is 10.0. The van der Waals surface area contributed by atoms with E-state index in [1.54, 1.807) is 19.2 Å². The van der Waals surface area contributed by atoms with Gasteiger partial charge < -0.3 is 14.5 Å². The summed E-state index contributed by atoms with van der Waals surface area (Å²) < 4.78 is 5.19. The molecule has 32 heavy (non-hydrogen) atoms. The Balaban J connectivity index is 1.27. The van der Waals surface area contributed by atoms with Crippen LogP contribution >= 0.6 is 0 Å². The lowest BCUT2D eigenvalue weighted by atomic mass is 10.1. The summed E-state index contributed by atoms with van der Waals surface area (Å²) >= 11 is 0. The average molecular weight is 431 g/mol. The van der Waals surface area contributed by atoms with Crippen molar-refractivity contribution in [3.05, 3.63) is 72.3 Å². The van der Waals surface area contributed by atoms with Crippen molar-refractivity contribution >= 4 is 17.5 Å². The molecule has 1 aromatic heterocycles. The number of Topliss-reactive ketones (excluding diaryl/α,β-unsaturated/α-hetero) is 1. The van der Waals surface area contributed by atoms with E-state index in [0.717, 1.165) is 22.8 Å². The Morgan fingerprint density at radius 3 is 2.19 bits per heavy atom. The Hall–Kier alpha value is -3.74. The fourth-order valence-corrected chi connectivity index (χ4v) is 3.74. The van der Waals surface area contributed by atoms with Gasteiger partial charge in [-0.3, -0.25) is 9.59 Å². The molecular weight excluding hydrogens is 404 g/mol. The van der Waals surface area contributed by atoms with Crippen LogP contribution < -0.4 is 9.64 Å². The summed E-state index contributed by atoms with van der Waals surface area (Å²) in [4.78, 5) is 28.7. The van der Waals surface area contributed by atoms with Crippen LogP contribution in [0.3, 0.4) is 0 Å². The van der Waals surface area contributed by atoms with E-state index >= 15 is 0 Å². The molecule has 0 atom stereocenters. The number of carbonyl (C=O) groups is 2. The van der Waals surface area contributed by atoms with Crippen molar-refractivity contribution < 1.29 is 14.3 Å². The molecule has 1 aliphatic heterocycles. The molecule has 0 radical (unpaired) electrons. The largest absolute Gasteiger partial charge is 0.497 e. The summed E-state index contributed by atoms with van der Waals surface area (Å²) in [5.41, 5.74) is 2.43. The van der Waals surface area contributed by atoms with Crippen LogP contribution in [-0.4, -0.2) is 60.1 Å². The van der Waals surface area contributed by atoms with Gasteiger partial charge in [-0.15, -0.1) is 10.2 Å². The van der Waals surface area contributed by atoms with Crippen LogP contribution in [0, 0.1) is 0 Å². The van der Waals surface area contributed by atoms with E-state index in [1.165, 1.54) is 0 Å². The monoisotopic (exact) mass is 430 g/mol. The fraction of sp³-hybridized carbons (Fsp3) is 0.280. The zero-order valence-corrected chi connectivity index (χ0v) is 18.1. The lowest BCUT2D eigenvalue weighted by molar-refractivity contribution is -0.131. The summed E-state index contributed by atoms with van der Waals surface area (Å²) in [5.74, 6) is 1.63. The Labute approximate surface area is 187 Å². The van der Waals surface area contributed by atoms with Crippen molar-refractivity contribution in [2.24, 2.45) is 0 Å². The maximum atomic E-state index is 12.5. The first-order valence-corrected chi connectivity index (χ1v) is 10.7. The summed E-state index contributed by atoms with van der Waals surface area (Å²) in [7, 11) is 1.64. The van der Waals surface area contributed by atoms with Crippen molar-refractivity contribution in [2.75, 3.05) is 38.2 Å². The van der Waals surface area contributed by atoms with Crippen LogP contribution in [0.15, 0.2) is 66.7 Å². The number of benzene rings is 2. The molecule has 0 N–H and O–H groups in total. The lowest BCUT2D eigenvalue weighted by Gasteiger charge is -2.35. The number of piperazine rings is 1. The van der Waals surface area contributed by atoms with E-state index in [9.17, 15) is 9.59 Å². The number of nitrogens with zero attached hydrogens (tertiary/aromatic N) is 4. The standard InChI is InChI=1S/C25H26N4O3/c1-32-21-9-7-19(8-10-21)22-11-13-24(27-26-22)28-15-17-29(18-16-28)25(31)14-12-23(30)20-5-3-2-4-6-20/h2-11,13H,12,14-18H2,1H3. The third-order valence-electron chi connectivity index (χ3n) is 5.65. The number of ketones is 1. The predicted molar refractivity (Wildman–Crippen MR) is 123 cm³/mol. The molecule has 0 bridgehead atoms. The van der Waals surface area contributed by atoms with Crippen molar-refractivity contribution in [1.29, 1.82) is 0 Å². The molecule has 0 spiro atoms. The van der Waals surface area contributed by atoms with Gasteiger partial charge in [-0.1, -0.05) is 30.3 Å². The number of hydrogen-bond donors (Lipinski definition) is 0. The predicted octanol–water partition coefficient (Wildman–Crippen LogP) is 3.46. The first-order chi connectivity index (χ1) is 15.6. The van der Waals surface area contributed by atoms with E-state index in [4.69, 9.17) is 4.74 Å². The van der Waals surface area contributed by atoms with Gasteiger partial charge >= 0.3 is 0 Å². The van der Waals surface area contributed by atoms with Gasteiger partial charge in [-0.2, -0.15) is 0 Å². The van der Waals surface area contributed by atoms with Gasteiger partial charge in [0.25, 0.3) is 0 Å². The molecule has 2 aromatic carbocycles. The molecule has 7 heteroatoms. The molecule has 4 rings (SSSR count). The zero-order chi connectivity index (χ0) is 22.3. The van der Waals surface area contributed by atoms with E-state index in [2.05, 4.69) is 15.1 Å². The normalized spacial score (nSPS) is 13.7. The Morgan fingerprint density at radius 1 is 0.844 bits per heavy atom. The lowest BCUT2D eigenvalue weighted by Crippen LogP contribution is -2.49. The Bertz CT molecular complexity index is 1040. The highest BCUT2D eigenvalue weighted by Crippen LogP contribution is 2.22. The highest BCUT2D eigenvalue weighted by Gasteiger charge is 2.22. The molecule has 1 fully saturated rings. The topological polar surface area (TPSA) is 75.6 Å². The van der Waals surface area contributed by atoms with Gasteiger partial charge in [0, 0.05) is 50.1 Å². The van der Waals surface area contributed by atoms with Crippen LogP contribution in [-0.2, 0) is 4.79 Å². The van der Waals surface area contributed by atoms with E-state index in [0.29, 0.717) is 31.7 Å². The van der Waals surface area contributed by atoms with Crippen molar-refractivity contribution in [3.63, 3.8) is 0 Å². The third kappa shape index (κ3) is 5.11. The van der Waals surface area contributed by atoms with Gasteiger partial charge in [0.05, 0.1) is 12.8 Å². The number of carbonyl (C=O) groups excluding carboxylic acids is 2. The number of amides is 1. The number of aromatic nitrogens is 2. The van der Waals surface area contributed by atoms with Crippen LogP contribution in [0.4, 0.5) is 5.82 Å². The summed E-state index contributed by atoms with van der Waals surface area (Å²) in [6, 6.07) is 20.7. The number of rotatable bonds is 7. The maximum absolute atomic E-state index is 12.5. The van der Waals surface area contributed by atoms with Crippen molar-refractivity contribution in [2.45, 2.75) is 12.8 Å². The minimum Gasteiger partial charge on any atom is -0.497 e. The van der Waals surface area contributed by atoms with E-state index in [1.807, 2.05) is 59.5 Å². The summed E-state index contributed by atoms with van der Waals surface area (Å²) in [5, 5.41) is 8.74. The molecule has 7 nitrogen and oxygen atoms in total. The second-order valence-corrected chi connectivity index (χ2v) is 7.66. The molecule has 1 aliphatic rings. The second-order valence-electron chi connectivity index (χ2n) is 7.66. The molecule has 0 saturated carbocycles. The minimum absolute atomic E-state index is 0.00445. The van der Waals surface area contributed by atoms with Crippen molar-refractivity contribution in [3.8, 4) is 17.0 Å². The van der Waals surface area contributed by atoms with E-state index < -0.39 is 0 Å². The molecule has 1 amide bonds. The van der Waals surface area contributed by atoms with Gasteiger partial charge in [0.2, 0.25) is 5.91 Å². The third-order valence-corrected chi connectivity index (χ3v) is 5.65. The van der Waals surface area contributed by atoms with Gasteiger partial charge in [0.1, 0.15) is 5.75 Å². The zero-order valence-electron chi connectivity index (χ0n) is 18.1. The maximum Gasteiger partial charge on any atom is 0.223 e. The van der Waals surface area contributed by atoms with Gasteiger partial charge in [-0.25, -0.2) is 0 Å². The number of anilines is 1. The summed E-state index contributed by atoms with van der Waals surface area (Å²) in [6.45, 7) is 2.60. The van der Waals surface area contributed by atoms with Gasteiger partial charge in [-0.05, 0) is 36.4 Å². The SMILES string of the molecule is COc1ccc(-c2ccc(N3CCN(C(=O)CCC(=O)c4ccccc4)CC3)nn2)cc1. The Kier molecular flexibility index (Phi) is 6.75. The quantitative estimate of drug-likeness (QED) is 0.535. The number of hydrogen-bond acceptors (Lipinski definition) is 6. The van der Waals surface area contributed by atoms with Crippen molar-refractivity contribution in [1.82, 2.24) is 15.1 Å². The molecule has 1 saturated heterocycles. The smallest absolute Gasteiger partial charge is 0.223 e. The highest BCUT2D eigenvalue weighted by molar-refractivity contribution is 5.97. The van der Waals surface area contributed by atoms with Crippen LogP contribution in [0.2, 0.25) is 0 Å². The molecule has 3 aromatic rings. The van der Waals surface area contributed by atoms with Crippen LogP contribution in [0.1, 0.15) is 23.2 Å². The highest BCUT2D eigenvalue weighted by atomic mass is 16.5. The minimum atomic E-state index is 0.00445. The molecule has 0 aliphatic carbocycles.